The second kappa shape index (κ2) is 3.28. The van der Waals surface area contributed by atoms with Gasteiger partial charge in [0.15, 0.2) is 0 Å². The third-order valence-corrected chi connectivity index (χ3v) is 1.76. The smallest absolute Gasteiger partial charge is 0.511 e. The molecule has 72 valence electrons. The zero-order valence-electron chi connectivity index (χ0n) is 6.94. The van der Waals surface area contributed by atoms with Gasteiger partial charge in [-0.25, -0.2) is 4.39 Å². The Balaban J connectivity index is 2.55. The topological polar surface area (TPSA) is 78.4 Å². The van der Waals surface area contributed by atoms with E-state index in [0.29, 0.717) is 5.39 Å². The van der Waals surface area contributed by atoms with Gasteiger partial charge in [0, 0.05) is 0 Å². The molecule has 0 atom stereocenters. The van der Waals surface area contributed by atoms with Gasteiger partial charge in [0.1, 0.15) is 17.1 Å². The molecule has 7 heteroatoms. The molecule has 0 unspecified atom stereocenters. The Bertz CT molecular complexity index is 459. The summed E-state index contributed by atoms with van der Waals surface area (Å²) in [6, 6.07) is 2.45. The van der Waals surface area contributed by atoms with Gasteiger partial charge in [-0.15, -0.1) is 0 Å². The van der Waals surface area contributed by atoms with Crippen molar-refractivity contribution in [1.29, 1.82) is 0 Å². The van der Waals surface area contributed by atoms with Crippen LogP contribution in [0.5, 0.6) is 5.75 Å². The molecule has 0 bridgehead atoms. The van der Waals surface area contributed by atoms with Gasteiger partial charge in [0.25, 0.3) is 0 Å². The normalized spacial score (nSPS) is 10.5. The number of rotatable bonds is 2. The Morgan fingerprint density at radius 1 is 1.43 bits per heavy atom. The predicted octanol–water partition coefficient (Wildman–Crippen LogP) is 0.0503. The minimum atomic E-state index is -1.93. The van der Waals surface area contributed by atoms with Gasteiger partial charge >= 0.3 is 7.32 Å². The van der Waals surface area contributed by atoms with Crippen LogP contribution in [-0.2, 0) is 0 Å². The first-order chi connectivity index (χ1) is 6.68. The molecule has 1 aromatic carbocycles. The average Bonchev–Trinajstić information content (AvgIpc) is 2.58. The minimum absolute atomic E-state index is 0.158. The van der Waals surface area contributed by atoms with Crippen molar-refractivity contribution >= 4 is 18.2 Å². The average molecular weight is 196 g/mol. The first-order valence-electron chi connectivity index (χ1n) is 3.83. The van der Waals surface area contributed by atoms with E-state index in [1.807, 2.05) is 0 Å². The van der Waals surface area contributed by atoms with Crippen molar-refractivity contribution in [1.82, 2.24) is 10.2 Å². The first kappa shape index (κ1) is 8.98. The van der Waals surface area contributed by atoms with Gasteiger partial charge in [-0.05, 0) is 12.1 Å². The third kappa shape index (κ3) is 1.43. The van der Waals surface area contributed by atoms with Crippen molar-refractivity contribution in [2.24, 2.45) is 0 Å². The Hall–Kier alpha value is -1.60. The van der Waals surface area contributed by atoms with Crippen LogP contribution in [0, 0.1) is 5.82 Å². The lowest BCUT2D eigenvalue weighted by molar-refractivity contribution is 0.289. The molecule has 0 spiro atoms. The van der Waals surface area contributed by atoms with Crippen LogP contribution in [0.15, 0.2) is 18.3 Å². The van der Waals surface area contributed by atoms with E-state index in [0.717, 1.165) is 6.07 Å². The highest BCUT2D eigenvalue weighted by Gasteiger charge is 2.15. The monoisotopic (exact) mass is 196 g/mol. The lowest BCUT2D eigenvalue weighted by atomic mass is 10.2. The molecule has 2 rings (SSSR count). The van der Waals surface area contributed by atoms with Gasteiger partial charge in [0.05, 0.1) is 11.6 Å². The summed E-state index contributed by atoms with van der Waals surface area (Å²) in [5.41, 5.74) is 0.170. The molecule has 1 heterocycles. The highest BCUT2D eigenvalue weighted by molar-refractivity contribution is 6.34. The second-order valence-corrected chi connectivity index (χ2v) is 2.65. The van der Waals surface area contributed by atoms with E-state index < -0.39 is 13.1 Å². The Labute approximate surface area is 78.3 Å². The SMILES string of the molecule is OB(O)Oc1ccc(F)c2[nH]ncc12. The van der Waals surface area contributed by atoms with E-state index in [2.05, 4.69) is 14.9 Å². The lowest BCUT2D eigenvalue weighted by Crippen LogP contribution is -2.20. The maximum atomic E-state index is 13.1. The molecular formula is C7H6BFN2O3. The van der Waals surface area contributed by atoms with Crippen molar-refractivity contribution in [2.45, 2.75) is 0 Å². The quantitative estimate of drug-likeness (QED) is 0.593. The summed E-state index contributed by atoms with van der Waals surface area (Å²) in [7, 11) is -1.93. The summed E-state index contributed by atoms with van der Waals surface area (Å²) in [6.45, 7) is 0. The number of nitrogens with one attached hydrogen (secondary N) is 1. The highest BCUT2D eigenvalue weighted by Crippen LogP contribution is 2.25. The summed E-state index contributed by atoms with van der Waals surface area (Å²) in [6.07, 6.45) is 1.34. The van der Waals surface area contributed by atoms with E-state index in [-0.39, 0.29) is 11.3 Å². The van der Waals surface area contributed by atoms with Crippen LogP contribution >= 0.6 is 0 Å². The molecule has 0 fully saturated rings. The van der Waals surface area contributed by atoms with Crippen LogP contribution in [0.3, 0.4) is 0 Å². The van der Waals surface area contributed by atoms with Gasteiger partial charge < -0.3 is 14.7 Å². The van der Waals surface area contributed by atoms with Crippen molar-refractivity contribution in [3.63, 3.8) is 0 Å². The largest absolute Gasteiger partial charge is 0.707 e. The lowest BCUT2D eigenvalue weighted by Gasteiger charge is -2.05. The number of H-pyrrole nitrogens is 1. The fraction of sp³-hybridized carbons (Fsp3) is 0. The zero-order valence-corrected chi connectivity index (χ0v) is 6.94. The minimum Gasteiger partial charge on any atom is -0.511 e. The summed E-state index contributed by atoms with van der Waals surface area (Å²) in [5, 5.41) is 23.6. The standard InChI is InChI=1S/C7H6BFN2O3/c9-5-1-2-6(14-8(12)13)4-3-10-11-7(4)5/h1-3,12-13H,(H,10,11). The van der Waals surface area contributed by atoms with E-state index in [1.54, 1.807) is 0 Å². The number of halogens is 1. The first-order valence-corrected chi connectivity index (χ1v) is 3.83. The van der Waals surface area contributed by atoms with Crippen LogP contribution in [0.25, 0.3) is 10.9 Å². The molecule has 5 nitrogen and oxygen atoms in total. The highest BCUT2D eigenvalue weighted by atomic mass is 19.1. The molecule has 0 saturated heterocycles. The van der Waals surface area contributed by atoms with Crippen molar-refractivity contribution in [3.05, 3.63) is 24.1 Å². The molecule has 0 aliphatic rings. The zero-order chi connectivity index (χ0) is 10.1. The number of hydrogen-bond acceptors (Lipinski definition) is 4. The Kier molecular flexibility index (Phi) is 2.10. The molecule has 0 saturated carbocycles. The summed E-state index contributed by atoms with van der Waals surface area (Å²) in [5.74, 6) is -0.317. The number of benzene rings is 1. The Morgan fingerprint density at radius 2 is 2.21 bits per heavy atom. The maximum absolute atomic E-state index is 13.1. The molecule has 0 aliphatic heterocycles. The van der Waals surface area contributed by atoms with Crippen LogP contribution < -0.4 is 4.65 Å². The summed E-state index contributed by atoms with van der Waals surface area (Å²) in [4.78, 5) is 0. The molecular weight excluding hydrogens is 190 g/mol. The van der Waals surface area contributed by atoms with E-state index in [9.17, 15) is 4.39 Å². The number of aromatic nitrogens is 2. The molecule has 3 N–H and O–H groups in total. The van der Waals surface area contributed by atoms with Crippen molar-refractivity contribution in [2.75, 3.05) is 0 Å². The summed E-state index contributed by atoms with van der Waals surface area (Å²) >= 11 is 0. The van der Waals surface area contributed by atoms with Gasteiger partial charge in [-0.1, -0.05) is 0 Å². The number of fused-ring (bicyclic) bond motifs is 1. The van der Waals surface area contributed by atoms with Gasteiger partial charge in [0.2, 0.25) is 0 Å². The molecule has 2 aromatic rings. The van der Waals surface area contributed by atoms with Crippen molar-refractivity contribution in [3.8, 4) is 5.75 Å². The number of nitrogens with zero attached hydrogens (tertiary/aromatic N) is 1. The van der Waals surface area contributed by atoms with E-state index in [4.69, 9.17) is 10.0 Å². The van der Waals surface area contributed by atoms with Crippen LogP contribution in [0.2, 0.25) is 0 Å². The third-order valence-electron chi connectivity index (χ3n) is 1.76. The van der Waals surface area contributed by atoms with Crippen LogP contribution in [-0.4, -0.2) is 27.6 Å². The van der Waals surface area contributed by atoms with Gasteiger partial charge in [-0.2, -0.15) is 5.10 Å². The summed E-state index contributed by atoms with van der Waals surface area (Å²) < 4.78 is 17.7. The van der Waals surface area contributed by atoms with E-state index >= 15 is 0 Å². The predicted molar refractivity (Wildman–Crippen MR) is 46.9 cm³/mol. The molecule has 1 aromatic heterocycles. The molecule has 14 heavy (non-hydrogen) atoms. The van der Waals surface area contributed by atoms with Gasteiger partial charge in [-0.3, -0.25) is 5.10 Å². The molecule has 0 amide bonds. The van der Waals surface area contributed by atoms with Crippen molar-refractivity contribution < 1.29 is 19.1 Å². The van der Waals surface area contributed by atoms with E-state index in [1.165, 1.54) is 12.3 Å². The Morgan fingerprint density at radius 3 is 2.93 bits per heavy atom. The fourth-order valence-electron chi connectivity index (χ4n) is 1.19. The van der Waals surface area contributed by atoms with Crippen LogP contribution in [0.1, 0.15) is 0 Å². The number of hydrogen-bond donors (Lipinski definition) is 3. The fourth-order valence-corrected chi connectivity index (χ4v) is 1.19. The molecule has 0 radical (unpaired) electrons. The second-order valence-electron chi connectivity index (χ2n) is 2.65. The number of aromatic amines is 1. The maximum Gasteiger partial charge on any atom is 0.707 e. The molecule has 0 aliphatic carbocycles. The van der Waals surface area contributed by atoms with Crippen LogP contribution in [0.4, 0.5) is 4.39 Å².